The van der Waals surface area contributed by atoms with Gasteiger partial charge in [0.1, 0.15) is 11.5 Å². The largest absolute Gasteiger partial charge is 0.457 e. The maximum absolute atomic E-state index is 12.9. The topological polar surface area (TPSA) is 160 Å². The van der Waals surface area contributed by atoms with Crippen LogP contribution < -0.4 is 26.2 Å². The van der Waals surface area contributed by atoms with Gasteiger partial charge in [-0.3, -0.25) is 24.3 Å². The van der Waals surface area contributed by atoms with Gasteiger partial charge in [0.2, 0.25) is 15.9 Å². The van der Waals surface area contributed by atoms with Crippen LogP contribution in [0.4, 0.5) is 0 Å². The van der Waals surface area contributed by atoms with Crippen molar-refractivity contribution in [2.24, 2.45) is 0 Å². The molecular weight excluding hydrogens is 484 g/mol. The number of thioether (sulfide) groups is 1. The van der Waals surface area contributed by atoms with Gasteiger partial charge in [0.05, 0.1) is 10.8 Å². The molecule has 13 heteroatoms. The van der Waals surface area contributed by atoms with E-state index < -0.39 is 33.2 Å². The molecule has 0 fully saturated rings. The molecule has 0 aliphatic carbocycles. The van der Waals surface area contributed by atoms with Crippen molar-refractivity contribution in [2.45, 2.75) is 23.2 Å². The number of nitrogens with zero attached hydrogens (tertiary/aromatic N) is 1. The van der Waals surface area contributed by atoms with Crippen LogP contribution in [-0.2, 0) is 20.7 Å². The first kappa shape index (κ1) is 25.2. The van der Waals surface area contributed by atoms with E-state index in [2.05, 4.69) is 9.71 Å². The zero-order valence-corrected chi connectivity index (χ0v) is 19.3. The quantitative estimate of drug-likeness (QED) is 0.223. The van der Waals surface area contributed by atoms with Crippen molar-refractivity contribution in [3.63, 3.8) is 0 Å². The van der Waals surface area contributed by atoms with Crippen LogP contribution in [0.1, 0.15) is 6.42 Å². The minimum absolute atomic E-state index is 0.0378. The van der Waals surface area contributed by atoms with Crippen molar-refractivity contribution < 1.29 is 23.2 Å². The molecule has 0 aliphatic rings. The van der Waals surface area contributed by atoms with Gasteiger partial charge in [-0.25, -0.2) is 23.4 Å². The average molecular weight is 507 g/mol. The summed E-state index contributed by atoms with van der Waals surface area (Å²) in [6, 6.07) is 15.1. The number of carbonyl (C=O) groups excluding carboxylic acids is 1. The van der Waals surface area contributed by atoms with Gasteiger partial charge in [0.25, 0.3) is 5.56 Å². The van der Waals surface area contributed by atoms with Gasteiger partial charge in [-0.2, -0.15) is 0 Å². The lowest BCUT2D eigenvalue weighted by molar-refractivity contribution is -0.129. The van der Waals surface area contributed by atoms with Crippen LogP contribution >= 0.6 is 11.8 Å². The zero-order chi connectivity index (χ0) is 24.6. The third kappa shape index (κ3) is 7.31. The Morgan fingerprint density at radius 1 is 1.06 bits per heavy atom. The minimum Gasteiger partial charge on any atom is -0.457 e. The van der Waals surface area contributed by atoms with E-state index in [1.54, 1.807) is 12.1 Å². The first-order valence-electron chi connectivity index (χ1n) is 9.92. The summed E-state index contributed by atoms with van der Waals surface area (Å²) in [6.07, 6.45) is 0.977. The van der Waals surface area contributed by atoms with E-state index in [0.717, 1.165) is 11.8 Å². The summed E-state index contributed by atoms with van der Waals surface area (Å²) in [5.74, 6) is 0.488. The number of para-hydroxylation sites is 1. The van der Waals surface area contributed by atoms with Crippen LogP contribution in [0, 0.1) is 0 Å². The van der Waals surface area contributed by atoms with Crippen LogP contribution in [0.25, 0.3) is 0 Å². The summed E-state index contributed by atoms with van der Waals surface area (Å²) < 4.78 is 35.0. The molecule has 4 N–H and O–H groups in total. The van der Waals surface area contributed by atoms with Crippen LogP contribution in [-0.4, -0.2) is 40.9 Å². The fourth-order valence-electron chi connectivity index (χ4n) is 2.84. The number of hydrogen-bond donors (Lipinski definition) is 4. The fraction of sp³-hybridized carbons (Fsp3) is 0.190. The third-order valence-electron chi connectivity index (χ3n) is 4.44. The van der Waals surface area contributed by atoms with Crippen molar-refractivity contribution in [1.82, 2.24) is 19.8 Å². The number of rotatable bonds is 11. The van der Waals surface area contributed by atoms with E-state index in [1.165, 1.54) is 46.6 Å². The maximum Gasteiger partial charge on any atom is 0.329 e. The molecule has 1 aromatic heterocycles. The molecule has 0 radical (unpaired) electrons. The van der Waals surface area contributed by atoms with E-state index in [9.17, 15) is 22.8 Å². The third-order valence-corrected chi connectivity index (χ3v) is 7.07. The predicted molar refractivity (Wildman–Crippen MR) is 125 cm³/mol. The van der Waals surface area contributed by atoms with Gasteiger partial charge in [-0.15, -0.1) is 11.8 Å². The van der Waals surface area contributed by atoms with Crippen molar-refractivity contribution in [3.05, 3.63) is 87.7 Å². The Morgan fingerprint density at radius 3 is 2.38 bits per heavy atom. The van der Waals surface area contributed by atoms with Gasteiger partial charge >= 0.3 is 5.69 Å². The molecular formula is C21H22N4O7S2. The van der Waals surface area contributed by atoms with Gasteiger partial charge < -0.3 is 4.74 Å². The molecule has 11 nitrogen and oxygen atoms in total. The Balaban J connectivity index is 1.66. The molecule has 1 heterocycles. The fourth-order valence-corrected chi connectivity index (χ4v) is 5.17. The molecule has 3 aromatic rings. The molecule has 1 atom stereocenters. The highest BCUT2D eigenvalue weighted by Gasteiger charge is 2.22. The van der Waals surface area contributed by atoms with Crippen LogP contribution in [0.15, 0.2) is 81.3 Å². The Labute approximate surface area is 198 Å². The number of hydroxylamine groups is 1. The monoisotopic (exact) mass is 506 g/mol. The molecule has 0 saturated carbocycles. The van der Waals surface area contributed by atoms with Crippen molar-refractivity contribution in [2.75, 3.05) is 5.75 Å². The second-order valence-electron chi connectivity index (χ2n) is 7.02. The highest BCUT2D eigenvalue weighted by atomic mass is 32.2. The SMILES string of the molecule is O=C(CC(CSCn1ccc(=O)[nH]c1=O)NS(=O)(=O)c1ccc(Oc2ccccc2)cc1)NO. The van der Waals surface area contributed by atoms with Crippen LogP contribution in [0.3, 0.4) is 0 Å². The van der Waals surface area contributed by atoms with Crippen LogP contribution in [0.5, 0.6) is 11.5 Å². The van der Waals surface area contributed by atoms with Crippen LogP contribution in [0.2, 0.25) is 0 Å². The first-order chi connectivity index (χ1) is 16.3. The number of nitrogens with one attached hydrogen (secondary N) is 3. The molecule has 1 amide bonds. The van der Waals surface area contributed by atoms with E-state index in [4.69, 9.17) is 9.94 Å². The van der Waals surface area contributed by atoms with E-state index in [1.807, 2.05) is 18.2 Å². The Kier molecular flexibility index (Phi) is 8.65. The number of benzene rings is 2. The standard InChI is InChI=1S/C21H22N4O7S2/c26-19-10-11-25(21(28)22-19)14-33-13-15(12-20(27)23-29)24-34(30,31)18-8-6-17(7-9-18)32-16-4-2-1-3-5-16/h1-11,15,24,29H,12-14H2,(H,23,27)(H,22,26,28). The minimum atomic E-state index is -4.01. The highest BCUT2D eigenvalue weighted by Crippen LogP contribution is 2.23. The molecule has 0 spiro atoms. The number of hydrogen-bond acceptors (Lipinski definition) is 8. The molecule has 1 unspecified atom stereocenters. The second-order valence-corrected chi connectivity index (χ2v) is 9.74. The van der Waals surface area contributed by atoms with Gasteiger partial charge in [0, 0.05) is 30.5 Å². The molecule has 0 aliphatic heterocycles. The van der Waals surface area contributed by atoms with E-state index >= 15 is 0 Å². The van der Waals surface area contributed by atoms with Gasteiger partial charge in [-0.05, 0) is 36.4 Å². The van der Waals surface area contributed by atoms with Gasteiger partial charge in [0.15, 0.2) is 0 Å². The number of carbonyl (C=O) groups is 1. The molecule has 3 rings (SSSR count). The van der Waals surface area contributed by atoms with Crippen molar-refractivity contribution in [1.29, 1.82) is 0 Å². The number of sulfonamides is 1. The smallest absolute Gasteiger partial charge is 0.329 e. The van der Waals surface area contributed by atoms with E-state index in [-0.39, 0.29) is 22.9 Å². The summed E-state index contributed by atoms with van der Waals surface area (Å²) in [4.78, 5) is 36.7. The predicted octanol–water partition coefficient (Wildman–Crippen LogP) is 1.26. The normalized spacial score (nSPS) is 12.1. The van der Waals surface area contributed by atoms with E-state index in [0.29, 0.717) is 11.5 Å². The highest BCUT2D eigenvalue weighted by molar-refractivity contribution is 7.98. The number of H-pyrrole nitrogens is 1. The summed E-state index contributed by atoms with van der Waals surface area (Å²) in [5, 5.41) is 8.84. The van der Waals surface area contributed by atoms with Crippen molar-refractivity contribution >= 4 is 27.7 Å². The lowest BCUT2D eigenvalue weighted by atomic mass is 10.2. The summed E-state index contributed by atoms with van der Waals surface area (Å²) in [7, 11) is -4.01. The summed E-state index contributed by atoms with van der Waals surface area (Å²) in [6.45, 7) is 0. The first-order valence-corrected chi connectivity index (χ1v) is 12.6. The number of aromatic amines is 1. The molecule has 0 bridgehead atoms. The average Bonchev–Trinajstić information content (AvgIpc) is 2.81. The van der Waals surface area contributed by atoms with Crippen molar-refractivity contribution in [3.8, 4) is 11.5 Å². The Hall–Kier alpha value is -3.39. The lowest BCUT2D eigenvalue weighted by Gasteiger charge is -2.18. The lowest BCUT2D eigenvalue weighted by Crippen LogP contribution is -2.40. The molecule has 34 heavy (non-hydrogen) atoms. The maximum atomic E-state index is 12.9. The number of ether oxygens (including phenoxy) is 1. The number of amides is 1. The molecule has 0 saturated heterocycles. The molecule has 180 valence electrons. The zero-order valence-electron chi connectivity index (χ0n) is 17.7. The summed E-state index contributed by atoms with van der Waals surface area (Å²) in [5.41, 5.74) is 0.341. The summed E-state index contributed by atoms with van der Waals surface area (Å²) >= 11 is 1.16. The number of aromatic nitrogens is 2. The Morgan fingerprint density at radius 2 is 1.74 bits per heavy atom. The Bertz CT molecular complexity index is 1320. The van der Waals surface area contributed by atoms with Gasteiger partial charge in [-0.1, -0.05) is 18.2 Å². The second kappa shape index (κ2) is 11.7. The molecule has 2 aromatic carbocycles.